The fourth-order valence-corrected chi connectivity index (χ4v) is 2.48. The van der Waals surface area contributed by atoms with Crippen molar-refractivity contribution in [2.24, 2.45) is 5.73 Å². The van der Waals surface area contributed by atoms with E-state index in [1.54, 1.807) is 13.4 Å². The smallest absolute Gasteiger partial charge is 0.124 e. The van der Waals surface area contributed by atoms with Crippen LogP contribution in [-0.4, -0.2) is 7.11 Å². The van der Waals surface area contributed by atoms with Crippen molar-refractivity contribution in [2.75, 3.05) is 7.11 Å². The predicted molar refractivity (Wildman–Crippen MR) is 76.4 cm³/mol. The van der Waals surface area contributed by atoms with Gasteiger partial charge in [0.25, 0.3) is 0 Å². The van der Waals surface area contributed by atoms with E-state index in [4.69, 9.17) is 14.9 Å². The molecule has 0 saturated carbocycles. The summed E-state index contributed by atoms with van der Waals surface area (Å²) in [5.74, 6) is 1.85. The van der Waals surface area contributed by atoms with Crippen LogP contribution < -0.4 is 10.5 Å². The average Bonchev–Trinajstić information content (AvgIpc) is 2.88. The molecule has 0 bridgehead atoms. The molecule has 0 radical (unpaired) electrons. The van der Waals surface area contributed by atoms with Crippen molar-refractivity contribution in [3.63, 3.8) is 0 Å². The fourth-order valence-electron chi connectivity index (χ4n) is 2.48. The van der Waals surface area contributed by atoms with Gasteiger partial charge in [0.15, 0.2) is 0 Å². The molecule has 1 atom stereocenters. The number of aryl methyl sites for hydroxylation is 3. The largest absolute Gasteiger partial charge is 0.496 e. The molecule has 3 heteroatoms. The Morgan fingerprint density at radius 2 is 2.11 bits per heavy atom. The van der Waals surface area contributed by atoms with E-state index in [-0.39, 0.29) is 6.04 Å². The van der Waals surface area contributed by atoms with E-state index in [2.05, 4.69) is 19.9 Å². The molecule has 1 unspecified atom stereocenters. The molecule has 0 fully saturated rings. The Bertz CT molecular complexity index is 532. The normalized spacial score (nSPS) is 12.4. The second-order valence-electron chi connectivity index (χ2n) is 4.92. The second kappa shape index (κ2) is 5.93. The van der Waals surface area contributed by atoms with Crippen LogP contribution in [0.4, 0.5) is 0 Å². The lowest BCUT2D eigenvalue weighted by molar-refractivity contribution is 0.401. The molecule has 3 nitrogen and oxygen atoms in total. The third-order valence-corrected chi connectivity index (χ3v) is 3.37. The molecular formula is C16H21NO2. The van der Waals surface area contributed by atoms with Gasteiger partial charge in [-0.25, -0.2) is 0 Å². The molecule has 0 aliphatic heterocycles. The van der Waals surface area contributed by atoms with Crippen LogP contribution in [0, 0.1) is 13.8 Å². The van der Waals surface area contributed by atoms with Gasteiger partial charge in [0.05, 0.1) is 13.4 Å². The van der Waals surface area contributed by atoms with Crippen molar-refractivity contribution >= 4 is 0 Å². The van der Waals surface area contributed by atoms with E-state index in [0.29, 0.717) is 0 Å². The first kappa shape index (κ1) is 13.7. The first-order valence-corrected chi connectivity index (χ1v) is 6.55. The fraction of sp³-hybridized carbons (Fsp3) is 0.375. The molecule has 1 heterocycles. The van der Waals surface area contributed by atoms with Crippen LogP contribution in [-0.2, 0) is 6.42 Å². The minimum absolute atomic E-state index is 0.0411. The number of hydrogen-bond acceptors (Lipinski definition) is 3. The highest BCUT2D eigenvalue weighted by molar-refractivity contribution is 5.44. The van der Waals surface area contributed by atoms with Gasteiger partial charge in [-0.05, 0) is 49.6 Å². The highest BCUT2D eigenvalue weighted by Crippen LogP contribution is 2.31. The quantitative estimate of drug-likeness (QED) is 0.893. The van der Waals surface area contributed by atoms with Crippen LogP contribution in [0.25, 0.3) is 0 Å². The van der Waals surface area contributed by atoms with Crippen LogP contribution in [0.1, 0.15) is 34.9 Å². The third kappa shape index (κ3) is 3.18. The zero-order chi connectivity index (χ0) is 13.8. The predicted octanol–water partition coefficient (Wildman–Crippen LogP) is 3.54. The number of nitrogens with two attached hydrogens (primary N) is 1. The minimum Gasteiger partial charge on any atom is -0.496 e. The SMILES string of the molecule is COc1cc(C)cc(C)c1C(N)CCc1ccco1. The lowest BCUT2D eigenvalue weighted by Crippen LogP contribution is -2.14. The summed E-state index contributed by atoms with van der Waals surface area (Å²) in [7, 11) is 1.69. The summed E-state index contributed by atoms with van der Waals surface area (Å²) in [6.45, 7) is 4.14. The maximum absolute atomic E-state index is 6.32. The van der Waals surface area contributed by atoms with Gasteiger partial charge in [-0.2, -0.15) is 0 Å². The van der Waals surface area contributed by atoms with Gasteiger partial charge in [-0.3, -0.25) is 0 Å². The number of furan rings is 1. The minimum atomic E-state index is -0.0411. The molecule has 1 aromatic carbocycles. The Labute approximate surface area is 114 Å². The zero-order valence-corrected chi connectivity index (χ0v) is 11.8. The second-order valence-corrected chi connectivity index (χ2v) is 4.92. The number of benzene rings is 1. The molecule has 0 aliphatic carbocycles. The summed E-state index contributed by atoms with van der Waals surface area (Å²) in [4.78, 5) is 0. The first-order chi connectivity index (χ1) is 9.11. The lowest BCUT2D eigenvalue weighted by Gasteiger charge is -2.18. The monoisotopic (exact) mass is 259 g/mol. The van der Waals surface area contributed by atoms with E-state index in [9.17, 15) is 0 Å². The molecule has 0 aliphatic rings. The molecule has 2 aromatic rings. The highest BCUT2D eigenvalue weighted by atomic mass is 16.5. The average molecular weight is 259 g/mol. The molecule has 0 saturated heterocycles. The highest BCUT2D eigenvalue weighted by Gasteiger charge is 2.15. The maximum atomic E-state index is 6.32. The van der Waals surface area contributed by atoms with Crippen LogP contribution in [0.15, 0.2) is 34.9 Å². The van der Waals surface area contributed by atoms with Crippen molar-refractivity contribution in [1.29, 1.82) is 0 Å². The standard InChI is InChI=1S/C16H21NO2/c1-11-9-12(2)16(15(10-11)18-3)14(17)7-6-13-5-4-8-19-13/h4-5,8-10,14H,6-7,17H2,1-3H3. The Kier molecular flexibility index (Phi) is 4.27. The number of hydrogen-bond donors (Lipinski definition) is 1. The summed E-state index contributed by atoms with van der Waals surface area (Å²) in [5.41, 5.74) is 9.79. The number of rotatable bonds is 5. The van der Waals surface area contributed by atoms with E-state index in [0.717, 1.165) is 29.9 Å². The van der Waals surface area contributed by atoms with Crippen molar-refractivity contribution in [2.45, 2.75) is 32.7 Å². The molecular weight excluding hydrogens is 238 g/mol. The van der Waals surface area contributed by atoms with E-state index >= 15 is 0 Å². The van der Waals surface area contributed by atoms with E-state index < -0.39 is 0 Å². The van der Waals surface area contributed by atoms with Gasteiger partial charge < -0.3 is 14.9 Å². The van der Waals surface area contributed by atoms with Crippen LogP contribution >= 0.6 is 0 Å². The summed E-state index contributed by atoms with van der Waals surface area (Å²) in [5, 5.41) is 0. The van der Waals surface area contributed by atoms with Crippen LogP contribution in [0.2, 0.25) is 0 Å². The zero-order valence-electron chi connectivity index (χ0n) is 11.8. The Hall–Kier alpha value is -1.74. The van der Waals surface area contributed by atoms with Crippen LogP contribution in [0.5, 0.6) is 5.75 Å². The topological polar surface area (TPSA) is 48.4 Å². The van der Waals surface area contributed by atoms with E-state index in [1.165, 1.54) is 11.1 Å². The summed E-state index contributed by atoms with van der Waals surface area (Å²) >= 11 is 0. The molecule has 0 spiro atoms. The van der Waals surface area contributed by atoms with Crippen molar-refractivity contribution in [1.82, 2.24) is 0 Å². The van der Waals surface area contributed by atoms with Gasteiger partial charge in [0.2, 0.25) is 0 Å². The van der Waals surface area contributed by atoms with Gasteiger partial charge >= 0.3 is 0 Å². The van der Waals surface area contributed by atoms with Gasteiger partial charge in [-0.15, -0.1) is 0 Å². The van der Waals surface area contributed by atoms with Gasteiger partial charge in [-0.1, -0.05) is 6.07 Å². The summed E-state index contributed by atoms with van der Waals surface area (Å²) < 4.78 is 10.8. The lowest BCUT2D eigenvalue weighted by atomic mass is 9.95. The van der Waals surface area contributed by atoms with Gasteiger partial charge in [0.1, 0.15) is 11.5 Å². The summed E-state index contributed by atoms with van der Waals surface area (Å²) in [6, 6.07) is 8.02. The molecule has 19 heavy (non-hydrogen) atoms. The van der Waals surface area contributed by atoms with E-state index in [1.807, 2.05) is 18.2 Å². The number of methoxy groups -OCH3 is 1. The van der Waals surface area contributed by atoms with Crippen molar-refractivity contribution in [3.05, 3.63) is 53.0 Å². The Morgan fingerprint density at radius 3 is 2.74 bits per heavy atom. The first-order valence-electron chi connectivity index (χ1n) is 6.55. The number of ether oxygens (including phenoxy) is 1. The molecule has 102 valence electrons. The van der Waals surface area contributed by atoms with Crippen molar-refractivity contribution < 1.29 is 9.15 Å². The maximum Gasteiger partial charge on any atom is 0.124 e. The molecule has 0 amide bonds. The van der Waals surface area contributed by atoms with Gasteiger partial charge in [0, 0.05) is 18.0 Å². The Balaban J connectivity index is 2.16. The molecule has 1 aromatic heterocycles. The van der Waals surface area contributed by atoms with Crippen molar-refractivity contribution in [3.8, 4) is 5.75 Å². The summed E-state index contributed by atoms with van der Waals surface area (Å²) in [6.07, 6.45) is 3.37. The Morgan fingerprint density at radius 1 is 1.32 bits per heavy atom. The molecule has 2 rings (SSSR count). The molecule has 2 N–H and O–H groups in total. The third-order valence-electron chi connectivity index (χ3n) is 3.37. The van der Waals surface area contributed by atoms with Crippen LogP contribution in [0.3, 0.4) is 0 Å².